The van der Waals surface area contributed by atoms with Crippen LogP contribution in [0, 0.1) is 0 Å². The molecule has 0 aliphatic carbocycles. The zero-order valence-electron chi connectivity index (χ0n) is 15.4. The lowest BCUT2D eigenvalue weighted by atomic mass is 10.2. The zero-order chi connectivity index (χ0) is 19.1. The maximum Gasteiger partial charge on any atom is 0.250 e. The van der Waals surface area contributed by atoms with Gasteiger partial charge < -0.3 is 15.1 Å². The van der Waals surface area contributed by atoms with Crippen LogP contribution >= 0.6 is 12.2 Å². The number of hydrogen-bond donors (Lipinski definition) is 2. The van der Waals surface area contributed by atoms with E-state index in [0.29, 0.717) is 0 Å². The van der Waals surface area contributed by atoms with Crippen LogP contribution in [0.5, 0.6) is 0 Å². The van der Waals surface area contributed by atoms with Crippen molar-refractivity contribution in [1.29, 1.82) is 0 Å². The van der Waals surface area contributed by atoms with Crippen LogP contribution in [0.3, 0.4) is 0 Å². The van der Waals surface area contributed by atoms with Crippen molar-refractivity contribution in [2.24, 2.45) is 0 Å². The average molecular weight is 381 g/mol. The van der Waals surface area contributed by atoms with Gasteiger partial charge in [-0.05, 0) is 55.2 Å². The molecule has 1 heterocycles. The smallest absolute Gasteiger partial charge is 0.250 e. The molecule has 3 rings (SSSR count). The number of likely N-dealkylation sites (N-methyl/N-ethyl adjacent to an activating group) is 1. The maximum atomic E-state index is 12.0. The Balaban J connectivity index is 1.49. The number of hydrogen-bond acceptors (Lipinski definition) is 4. The monoisotopic (exact) mass is 380 g/mol. The number of thiocarbonyl (C=S) groups is 1. The Morgan fingerprint density at radius 3 is 2.33 bits per heavy atom. The highest BCUT2D eigenvalue weighted by Crippen LogP contribution is 2.19. The standard InChI is InChI=1S/C21H24N4OS/c1-24-13-15-25(16-14-24)19-10-8-18(9-11-19)22-21(27)23-20(26)12-7-17-5-3-2-4-6-17/h2-12H,13-16H2,1H3,(H2,22,23,26,27). The van der Waals surface area contributed by atoms with Crippen molar-refractivity contribution in [1.82, 2.24) is 10.2 Å². The largest absolute Gasteiger partial charge is 0.369 e. The van der Waals surface area contributed by atoms with E-state index in [1.54, 1.807) is 6.08 Å². The molecule has 1 amide bonds. The predicted molar refractivity (Wildman–Crippen MR) is 116 cm³/mol. The summed E-state index contributed by atoms with van der Waals surface area (Å²) in [5, 5.41) is 5.99. The Morgan fingerprint density at radius 1 is 1.00 bits per heavy atom. The zero-order valence-corrected chi connectivity index (χ0v) is 16.2. The number of nitrogens with one attached hydrogen (secondary N) is 2. The first-order valence-corrected chi connectivity index (χ1v) is 9.39. The Hall–Kier alpha value is -2.70. The van der Waals surface area contributed by atoms with E-state index in [9.17, 15) is 4.79 Å². The molecule has 0 atom stereocenters. The van der Waals surface area contributed by atoms with Crippen molar-refractivity contribution in [3.05, 3.63) is 66.2 Å². The molecule has 5 nitrogen and oxygen atoms in total. The van der Waals surface area contributed by atoms with Crippen molar-refractivity contribution in [2.75, 3.05) is 43.4 Å². The molecule has 0 spiro atoms. The van der Waals surface area contributed by atoms with E-state index >= 15 is 0 Å². The molecule has 0 radical (unpaired) electrons. The number of benzene rings is 2. The second-order valence-corrected chi connectivity index (χ2v) is 6.93. The van der Waals surface area contributed by atoms with Crippen LogP contribution in [-0.4, -0.2) is 49.1 Å². The van der Waals surface area contributed by atoms with Crippen LogP contribution in [0.4, 0.5) is 11.4 Å². The van der Waals surface area contributed by atoms with E-state index in [4.69, 9.17) is 12.2 Å². The van der Waals surface area contributed by atoms with Crippen molar-refractivity contribution < 1.29 is 4.79 Å². The topological polar surface area (TPSA) is 47.6 Å². The third-order valence-corrected chi connectivity index (χ3v) is 4.66. The van der Waals surface area contributed by atoms with Crippen LogP contribution in [-0.2, 0) is 4.79 Å². The second-order valence-electron chi connectivity index (χ2n) is 6.52. The van der Waals surface area contributed by atoms with Crippen LogP contribution in [0.2, 0.25) is 0 Å². The predicted octanol–water partition coefficient (Wildman–Crippen LogP) is 2.96. The van der Waals surface area contributed by atoms with Gasteiger partial charge in [-0.3, -0.25) is 10.1 Å². The van der Waals surface area contributed by atoms with Crippen molar-refractivity contribution in [3.63, 3.8) is 0 Å². The molecule has 0 bridgehead atoms. The summed E-state index contributed by atoms with van der Waals surface area (Å²) in [5.74, 6) is -0.259. The third kappa shape index (κ3) is 5.91. The molecule has 0 aromatic heterocycles. The highest BCUT2D eigenvalue weighted by atomic mass is 32.1. The van der Waals surface area contributed by atoms with Crippen LogP contribution in [0.25, 0.3) is 6.08 Å². The van der Waals surface area contributed by atoms with E-state index in [2.05, 4.69) is 39.6 Å². The maximum absolute atomic E-state index is 12.0. The molecule has 2 N–H and O–H groups in total. The highest BCUT2D eigenvalue weighted by Gasteiger charge is 2.14. The van der Waals surface area contributed by atoms with Crippen molar-refractivity contribution in [3.8, 4) is 0 Å². The summed E-state index contributed by atoms with van der Waals surface area (Å²) < 4.78 is 0. The minimum Gasteiger partial charge on any atom is -0.369 e. The first-order chi connectivity index (χ1) is 13.1. The fourth-order valence-electron chi connectivity index (χ4n) is 2.87. The van der Waals surface area contributed by atoms with Gasteiger partial charge in [-0.2, -0.15) is 0 Å². The van der Waals surface area contributed by atoms with E-state index in [1.165, 1.54) is 11.8 Å². The normalized spacial score (nSPS) is 14.9. The van der Waals surface area contributed by atoms with Gasteiger partial charge in [0, 0.05) is 43.6 Å². The Labute approximate surface area is 165 Å². The molecule has 1 saturated heterocycles. The molecule has 1 fully saturated rings. The van der Waals surface area contributed by atoms with E-state index in [-0.39, 0.29) is 11.0 Å². The average Bonchev–Trinajstić information content (AvgIpc) is 2.68. The van der Waals surface area contributed by atoms with Crippen LogP contribution < -0.4 is 15.5 Å². The molecule has 0 unspecified atom stereocenters. The highest BCUT2D eigenvalue weighted by molar-refractivity contribution is 7.80. The summed E-state index contributed by atoms with van der Waals surface area (Å²) in [5.41, 5.74) is 3.02. The van der Waals surface area contributed by atoms with Crippen molar-refractivity contribution >= 4 is 40.7 Å². The van der Waals surface area contributed by atoms with Gasteiger partial charge in [0.25, 0.3) is 0 Å². The van der Waals surface area contributed by atoms with Gasteiger partial charge in [-0.15, -0.1) is 0 Å². The third-order valence-electron chi connectivity index (χ3n) is 4.46. The molecule has 2 aromatic rings. The summed E-state index contributed by atoms with van der Waals surface area (Å²) in [7, 11) is 2.15. The molecule has 27 heavy (non-hydrogen) atoms. The number of amides is 1. The number of anilines is 2. The summed E-state index contributed by atoms with van der Waals surface area (Å²) in [6.07, 6.45) is 3.22. The molecule has 1 aliphatic rings. The van der Waals surface area contributed by atoms with Crippen LogP contribution in [0.1, 0.15) is 5.56 Å². The van der Waals surface area contributed by atoms with Gasteiger partial charge in [0.15, 0.2) is 5.11 Å². The summed E-state index contributed by atoms with van der Waals surface area (Å²) >= 11 is 5.22. The lowest BCUT2D eigenvalue weighted by Crippen LogP contribution is -2.44. The molecule has 6 heteroatoms. The lowest BCUT2D eigenvalue weighted by Gasteiger charge is -2.34. The quantitative estimate of drug-likeness (QED) is 0.631. The first-order valence-electron chi connectivity index (χ1n) is 8.99. The first kappa shape index (κ1) is 19.1. The number of piperazine rings is 1. The van der Waals surface area contributed by atoms with E-state index in [1.807, 2.05) is 42.5 Å². The number of carbonyl (C=O) groups excluding carboxylic acids is 1. The number of nitrogens with zero attached hydrogens (tertiary/aromatic N) is 2. The van der Waals surface area contributed by atoms with Gasteiger partial charge in [-0.1, -0.05) is 30.3 Å². The molecular formula is C21H24N4OS. The second kappa shape index (κ2) is 9.30. The Morgan fingerprint density at radius 2 is 1.67 bits per heavy atom. The molecule has 1 aliphatic heterocycles. The SMILES string of the molecule is CN1CCN(c2ccc(NC(=S)NC(=O)C=Cc3ccccc3)cc2)CC1. The van der Waals surface area contributed by atoms with Gasteiger partial charge in [0.2, 0.25) is 5.91 Å². The van der Waals surface area contributed by atoms with Gasteiger partial charge >= 0.3 is 0 Å². The molecule has 0 saturated carbocycles. The molecule has 140 valence electrons. The van der Waals surface area contributed by atoms with Crippen LogP contribution in [0.15, 0.2) is 60.7 Å². The van der Waals surface area contributed by atoms with Gasteiger partial charge in [0.1, 0.15) is 0 Å². The van der Waals surface area contributed by atoms with E-state index in [0.717, 1.165) is 37.4 Å². The van der Waals surface area contributed by atoms with Crippen molar-refractivity contribution in [2.45, 2.75) is 0 Å². The molecule has 2 aromatic carbocycles. The Bertz CT molecular complexity index is 797. The van der Waals surface area contributed by atoms with Gasteiger partial charge in [0.05, 0.1) is 0 Å². The minimum absolute atomic E-state index is 0.259. The minimum atomic E-state index is -0.259. The summed E-state index contributed by atoms with van der Waals surface area (Å²) in [4.78, 5) is 16.7. The number of rotatable bonds is 4. The Kier molecular flexibility index (Phi) is 6.57. The lowest BCUT2D eigenvalue weighted by molar-refractivity contribution is -0.115. The number of carbonyl (C=O) groups is 1. The van der Waals surface area contributed by atoms with Gasteiger partial charge in [-0.25, -0.2) is 0 Å². The molecular weight excluding hydrogens is 356 g/mol. The summed E-state index contributed by atoms with van der Waals surface area (Å²) in [6, 6.07) is 17.8. The fourth-order valence-corrected chi connectivity index (χ4v) is 3.09. The van der Waals surface area contributed by atoms with E-state index < -0.39 is 0 Å². The fraction of sp³-hybridized carbons (Fsp3) is 0.238. The summed E-state index contributed by atoms with van der Waals surface area (Å²) in [6.45, 7) is 4.22.